The third-order valence-corrected chi connectivity index (χ3v) is 3.04. The highest BCUT2D eigenvalue weighted by molar-refractivity contribution is 6.21. The van der Waals surface area contributed by atoms with Crippen LogP contribution in [0.15, 0.2) is 35.3 Å². The van der Waals surface area contributed by atoms with E-state index in [1.165, 1.54) is 11.1 Å². The number of rotatable bonds is 4. The van der Waals surface area contributed by atoms with Gasteiger partial charge in [-0.25, -0.2) is 21.1 Å². The van der Waals surface area contributed by atoms with E-state index in [-0.39, 0.29) is 17.9 Å². The number of ether oxygens (including phenoxy) is 1. The maximum absolute atomic E-state index is 13.8. The van der Waals surface area contributed by atoms with Crippen molar-refractivity contribution in [3.8, 4) is 0 Å². The zero-order valence-corrected chi connectivity index (χ0v) is 13.3. The Balaban J connectivity index is 0.000000593. The molecule has 126 valence electrons. The number of hydrazine groups is 2. The molecule has 1 aromatic carbocycles. The fourth-order valence-corrected chi connectivity index (χ4v) is 1.97. The van der Waals surface area contributed by atoms with Gasteiger partial charge in [-0.1, -0.05) is 23.7 Å². The number of nitrogens with one attached hydrogen (secondary N) is 1. The molecule has 1 unspecified atom stereocenters. The molecule has 0 fully saturated rings. The van der Waals surface area contributed by atoms with Crippen molar-refractivity contribution in [2.24, 2.45) is 16.7 Å². The second-order valence-electron chi connectivity index (χ2n) is 4.46. The summed E-state index contributed by atoms with van der Waals surface area (Å²) in [5.41, 5.74) is 2.39. The number of amides is 1. The second-order valence-corrected chi connectivity index (χ2v) is 4.97. The SMILES string of the molecule is CN(N)c1cccc(F)c1COC1=NC(Cl)CC=C1.NNC=O. The number of hydrogen-bond acceptors (Lipinski definition) is 6. The Hall–Kier alpha value is -2.16. The van der Waals surface area contributed by atoms with E-state index < -0.39 is 0 Å². The molecule has 0 aliphatic carbocycles. The van der Waals surface area contributed by atoms with Crippen LogP contribution in [0, 0.1) is 5.82 Å². The molecule has 1 aliphatic rings. The van der Waals surface area contributed by atoms with Crippen molar-refractivity contribution < 1.29 is 13.9 Å². The van der Waals surface area contributed by atoms with Gasteiger partial charge in [0.25, 0.3) is 0 Å². The van der Waals surface area contributed by atoms with Gasteiger partial charge in [0.2, 0.25) is 12.3 Å². The van der Waals surface area contributed by atoms with Crippen molar-refractivity contribution in [1.82, 2.24) is 5.43 Å². The first-order chi connectivity index (χ1) is 11.0. The highest BCUT2D eigenvalue weighted by Gasteiger charge is 2.13. The second kappa shape index (κ2) is 9.78. The number of nitrogens with two attached hydrogens (primary N) is 2. The number of carbonyl (C=O) groups excluding carboxylic acids is 1. The third kappa shape index (κ3) is 6.23. The first kappa shape index (κ1) is 18.9. The number of alkyl halides is 1. The Morgan fingerprint density at radius 3 is 2.87 bits per heavy atom. The summed E-state index contributed by atoms with van der Waals surface area (Å²) in [7, 11) is 1.64. The first-order valence-electron chi connectivity index (χ1n) is 6.66. The standard InChI is InChI=1S/C13H15ClFN3O.CH4N2O/c1-18(16)11-5-2-4-10(15)9(11)8-19-13-7-3-6-12(14)17-13;2-3-1-4/h2-5,7,12H,6,8,16H2,1H3;1H,2H2,(H,3,4). The minimum Gasteiger partial charge on any atom is -0.473 e. The zero-order chi connectivity index (χ0) is 17.2. The third-order valence-electron chi connectivity index (χ3n) is 2.76. The lowest BCUT2D eigenvalue weighted by molar-refractivity contribution is -0.109. The van der Waals surface area contributed by atoms with Crippen molar-refractivity contribution >= 4 is 29.6 Å². The fraction of sp³-hybridized carbons (Fsp3) is 0.286. The zero-order valence-electron chi connectivity index (χ0n) is 12.6. The molecule has 1 aromatic rings. The smallest absolute Gasteiger partial charge is 0.221 e. The minimum atomic E-state index is -0.363. The number of carbonyl (C=O) groups is 1. The van der Waals surface area contributed by atoms with Crippen molar-refractivity contribution in [1.29, 1.82) is 0 Å². The molecule has 0 bridgehead atoms. The lowest BCUT2D eigenvalue weighted by Gasteiger charge is -2.18. The lowest BCUT2D eigenvalue weighted by Crippen LogP contribution is -2.27. The summed E-state index contributed by atoms with van der Waals surface area (Å²) < 4.78 is 19.3. The number of aliphatic imine (C=N–C) groups is 1. The number of nitrogens with zero attached hydrogens (tertiary/aromatic N) is 2. The number of benzene rings is 1. The largest absolute Gasteiger partial charge is 0.473 e. The minimum absolute atomic E-state index is 0.0519. The first-order valence-corrected chi connectivity index (χ1v) is 7.10. The molecular weight excluding hydrogens is 325 g/mol. The van der Waals surface area contributed by atoms with Crippen molar-refractivity contribution in [2.45, 2.75) is 18.5 Å². The van der Waals surface area contributed by atoms with Gasteiger partial charge in [0.05, 0.1) is 5.69 Å². The van der Waals surface area contributed by atoms with E-state index in [4.69, 9.17) is 27.0 Å². The highest BCUT2D eigenvalue weighted by Crippen LogP contribution is 2.22. The van der Waals surface area contributed by atoms with Crippen LogP contribution in [0.5, 0.6) is 0 Å². The number of halogens is 2. The van der Waals surface area contributed by atoms with Gasteiger partial charge in [0.1, 0.15) is 17.9 Å². The summed E-state index contributed by atoms with van der Waals surface area (Å²) >= 11 is 5.89. The molecule has 0 radical (unpaired) electrons. The monoisotopic (exact) mass is 343 g/mol. The predicted octanol–water partition coefficient (Wildman–Crippen LogP) is 1.18. The van der Waals surface area contributed by atoms with Crippen molar-refractivity contribution in [3.05, 3.63) is 41.7 Å². The molecule has 1 atom stereocenters. The maximum atomic E-state index is 13.8. The Labute approximate surface area is 138 Å². The van der Waals surface area contributed by atoms with Gasteiger partial charge >= 0.3 is 0 Å². The van der Waals surface area contributed by atoms with Crippen LogP contribution in [-0.4, -0.2) is 24.9 Å². The molecule has 0 spiro atoms. The lowest BCUT2D eigenvalue weighted by atomic mass is 10.1. The predicted molar refractivity (Wildman–Crippen MR) is 88.0 cm³/mol. The maximum Gasteiger partial charge on any atom is 0.221 e. The fourth-order valence-electron chi connectivity index (χ4n) is 1.77. The summed E-state index contributed by atoms with van der Waals surface area (Å²) in [6.07, 6.45) is 4.67. The van der Waals surface area contributed by atoms with Crippen LogP contribution in [0.2, 0.25) is 0 Å². The van der Waals surface area contributed by atoms with E-state index in [2.05, 4.69) is 10.8 Å². The van der Waals surface area contributed by atoms with E-state index >= 15 is 0 Å². The van der Waals surface area contributed by atoms with E-state index in [1.54, 1.807) is 30.7 Å². The van der Waals surface area contributed by atoms with Crippen LogP contribution in [0.25, 0.3) is 0 Å². The molecule has 2 rings (SSSR count). The van der Waals surface area contributed by atoms with Crippen LogP contribution in [0.1, 0.15) is 12.0 Å². The molecule has 1 aliphatic heterocycles. The molecule has 0 saturated heterocycles. The van der Waals surface area contributed by atoms with Crippen LogP contribution >= 0.6 is 11.6 Å². The van der Waals surface area contributed by atoms with E-state index in [9.17, 15) is 4.39 Å². The van der Waals surface area contributed by atoms with Crippen LogP contribution in [-0.2, 0) is 16.1 Å². The van der Waals surface area contributed by atoms with Crippen LogP contribution in [0.3, 0.4) is 0 Å². The van der Waals surface area contributed by atoms with Gasteiger partial charge < -0.3 is 9.75 Å². The molecular formula is C14H19ClFN5O2. The molecule has 1 amide bonds. The van der Waals surface area contributed by atoms with Gasteiger partial charge in [-0.05, 0) is 18.2 Å². The molecule has 1 heterocycles. The van der Waals surface area contributed by atoms with Gasteiger partial charge in [-0.15, -0.1) is 0 Å². The van der Waals surface area contributed by atoms with Crippen molar-refractivity contribution in [2.75, 3.05) is 12.1 Å². The molecule has 23 heavy (non-hydrogen) atoms. The molecule has 9 heteroatoms. The topological polar surface area (TPSA) is 106 Å². The number of anilines is 1. The van der Waals surface area contributed by atoms with E-state index in [0.717, 1.165) is 0 Å². The van der Waals surface area contributed by atoms with Crippen LogP contribution < -0.4 is 22.1 Å². The summed E-state index contributed by atoms with van der Waals surface area (Å²) in [6.45, 7) is 0.0519. The summed E-state index contributed by atoms with van der Waals surface area (Å²) in [5, 5.41) is 1.35. The van der Waals surface area contributed by atoms with Gasteiger partial charge in [0.15, 0.2) is 0 Å². The summed E-state index contributed by atoms with van der Waals surface area (Å²) in [4.78, 5) is 13.0. The molecule has 0 aromatic heterocycles. The average Bonchev–Trinajstić information content (AvgIpc) is 2.53. The van der Waals surface area contributed by atoms with Crippen LogP contribution in [0.4, 0.5) is 10.1 Å². The quantitative estimate of drug-likeness (QED) is 0.190. The average molecular weight is 344 g/mol. The Morgan fingerprint density at radius 2 is 2.30 bits per heavy atom. The normalized spacial score (nSPS) is 15.9. The number of hydrogen-bond donors (Lipinski definition) is 3. The Morgan fingerprint density at radius 1 is 1.61 bits per heavy atom. The molecule has 7 nitrogen and oxygen atoms in total. The van der Waals surface area contributed by atoms with Gasteiger partial charge in [-0.3, -0.25) is 10.2 Å². The van der Waals surface area contributed by atoms with E-state index in [1.807, 2.05) is 6.08 Å². The Kier molecular flexibility index (Phi) is 8.03. The van der Waals surface area contributed by atoms with E-state index in [0.29, 0.717) is 30.0 Å². The van der Waals surface area contributed by atoms with Gasteiger partial charge in [-0.2, -0.15) is 0 Å². The van der Waals surface area contributed by atoms with Gasteiger partial charge in [0, 0.05) is 19.0 Å². The molecule has 5 N–H and O–H groups in total. The summed E-state index contributed by atoms with van der Waals surface area (Å²) in [6, 6.07) is 4.70. The van der Waals surface area contributed by atoms with Crippen molar-refractivity contribution in [3.63, 3.8) is 0 Å². The number of dihydropyridines is 1. The summed E-state index contributed by atoms with van der Waals surface area (Å²) in [5.74, 6) is 10.1. The highest BCUT2D eigenvalue weighted by atomic mass is 35.5. The Bertz CT molecular complexity index is 580. The molecule has 0 saturated carbocycles.